The molecule has 318 valence electrons. The summed E-state index contributed by atoms with van der Waals surface area (Å²) in [6.45, 7) is 0. The van der Waals surface area contributed by atoms with Crippen LogP contribution in [-0.2, 0) is 0 Å². The third kappa shape index (κ3) is 6.89. The van der Waals surface area contributed by atoms with Gasteiger partial charge in [0.15, 0.2) is 28.9 Å². The minimum Gasteiger partial charge on any atom is -0.456 e. The first kappa shape index (κ1) is 39.1. The van der Waals surface area contributed by atoms with Crippen molar-refractivity contribution in [2.45, 2.75) is 0 Å². The highest BCUT2D eigenvalue weighted by Crippen LogP contribution is 2.43. The molecule has 0 aliphatic rings. The second-order valence-electron chi connectivity index (χ2n) is 16.8. The molecule has 4 aromatic heterocycles. The van der Waals surface area contributed by atoms with Crippen LogP contribution in [0.2, 0.25) is 0 Å². The van der Waals surface area contributed by atoms with Gasteiger partial charge < -0.3 is 8.83 Å². The monoisotopic (exact) mass is 871 g/mol. The Hall–Kier alpha value is -9.33. The van der Waals surface area contributed by atoms with Crippen LogP contribution in [0.3, 0.4) is 0 Å². The van der Waals surface area contributed by atoms with Crippen LogP contribution in [0.15, 0.2) is 233 Å². The Morgan fingerprint density at radius 1 is 0.265 bits per heavy atom. The van der Waals surface area contributed by atoms with Crippen molar-refractivity contribution in [3.63, 3.8) is 0 Å². The summed E-state index contributed by atoms with van der Waals surface area (Å²) in [5.41, 5.74) is 15.3. The molecule has 0 bridgehead atoms. The largest absolute Gasteiger partial charge is 0.456 e. The number of aromatic nitrogens is 5. The van der Waals surface area contributed by atoms with Gasteiger partial charge in [-0.1, -0.05) is 200 Å². The number of hydrogen-bond acceptors (Lipinski definition) is 7. The Morgan fingerprint density at radius 3 is 1.29 bits per heavy atom. The van der Waals surface area contributed by atoms with Crippen molar-refractivity contribution >= 4 is 44.0 Å². The van der Waals surface area contributed by atoms with E-state index >= 15 is 0 Å². The average Bonchev–Trinajstić information content (AvgIpc) is 4.00. The first-order valence-corrected chi connectivity index (χ1v) is 22.6. The van der Waals surface area contributed by atoms with Gasteiger partial charge in [0.2, 0.25) is 0 Å². The van der Waals surface area contributed by atoms with Gasteiger partial charge in [-0.2, -0.15) is 0 Å². The molecule has 0 radical (unpaired) electrons. The van der Waals surface area contributed by atoms with Crippen LogP contribution in [0, 0.1) is 0 Å². The SMILES string of the molecule is c1ccc(-c2ccc(-c3nc(-c4ccc(-c5ccccc5)cc4)nc(-c4cccc5oc6ccc(-c7cccc8oc9c(-c%10ccccc%10)nc(-c%10ccccc%10)nc9c78)cc6c45)n3)cc2)cc1. The maximum Gasteiger partial charge on any atom is 0.180 e. The lowest BCUT2D eigenvalue weighted by atomic mass is 9.97. The molecule has 0 saturated carbocycles. The van der Waals surface area contributed by atoms with E-state index in [2.05, 4.69) is 133 Å². The fourth-order valence-corrected chi connectivity index (χ4v) is 9.26. The third-order valence-corrected chi connectivity index (χ3v) is 12.6. The lowest BCUT2D eigenvalue weighted by Crippen LogP contribution is -2.00. The number of benzene rings is 9. The van der Waals surface area contributed by atoms with Crippen LogP contribution in [-0.4, -0.2) is 24.9 Å². The Labute approximate surface area is 390 Å². The van der Waals surface area contributed by atoms with Crippen molar-refractivity contribution in [2.24, 2.45) is 0 Å². The smallest absolute Gasteiger partial charge is 0.180 e. The molecular formula is C61H37N5O2. The van der Waals surface area contributed by atoms with E-state index in [-0.39, 0.29) is 0 Å². The molecule has 13 rings (SSSR count). The maximum absolute atomic E-state index is 6.70. The van der Waals surface area contributed by atoms with Gasteiger partial charge in [-0.3, -0.25) is 0 Å². The van der Waals surface area contributed by atoms with Crippen molar-refractivity contribution < 1.29 is 8.83 Å². The van der Waals surface area contributed by atoms with Crippen molar-refractivity contribution in [3.05, 3.63) is 224 Å². The molecule has 7 heteroatoms. The zero-order valence-corrected chi connectivity index (χ0v) is 36.4. The Morgan fingerprint density at radius 2 is 0.706 bits per heavy atom. The zero-order valence-electron chi connectivity index (χ0n) is 36.4. The van der Waals surface area contributed by atoms with Gasteiger partial charge in [0.25, 0.3) is 0 Å². The van der Waals surface area contributed by atoms with Gasteiger partial charge in [-0.25, -0.2) is 24.9 Å². The van der Waals surface area contributed by atoms with Crippen LogP contribution < -0.4 is 0 Å². The van der Waals surface area contributed by atoms with E-state index in [1.54, 1.807) is 0 Å². The van der Waals surface area contributed by atoms with Crippen LogP contribution in [0.1, 0.15) is 0 Å². The summed E-state index contributed by atoms with van der Waals surface area (Å²) in [6, 6.07) is 76.4. The highest BCUT2D eigenvalue weighted by molar-refractivity contribution is 6.16. The fourth-order valence-electron chi connectivity index (χ4n) is 9.26. The lowest BCUT2D eigenvalue weighted by Gasteiger charge is -2.11. The second-order valence-corrected chi connectivity index (χ2v) is 16.8. The lowest BCUT2D eigenvalue weighted by molar-refractivity contribution is 0.667. The predicted molar refractivity (Wildman–Crippen MR) is 273 cm³/mol. The molecule has 0 atom stereocenters. The molecule has 0 fully saturated rings. The third-order valence-electron chi connectivity index (χ3n) is 12.6. The van der Waals surface area contributed by atoms with Gasteiger partial charge in [0, 0.05) is 38.6 Å². The van der Waals surface area contributed by atoms with E-state index in [9.17, 15) is 0 Å². The summed E-state index contributed by atoms with van der Waals surface area (Å²) in [5, 5.41) is 2.76. The molecule has 0 saturated heterocycles. The van der Waals surface area contributed by atoms with Crippen LogP contribution >= 0.6 is 0 Å². The fraction of sp³-hybridized carbons (Fsp3) is 0. The minimum atomic E-state index is 0.546. The quantitative estimate of drug-likeness (QED) is 0.150. The standard InChI is InChI=1S/C61H37N5O2/c1-5-15-38(16-6-1)40-27-31-44(32-28-40)59-64-60(45-33-29-41(30-34-45)39-17-7-2-8-18-39)66-61(65-59)48-24-14-25-51-53(48)49-37-46(35-36-50(49)67-51)47-23-13-26-52-54(47)56-57(68-52)55(42-19-9-3-10-20-42)62-58(63-56)43-21-11-4-12-22-43/h1-37H. The van der Waals surface area contributed by atoms with E-state index < -0.39 is 0 Å². The molecule has 68 heavy (non-hydrogen) atoms. The van der Waals surface area contributed by atoms with E-state index in [0.717, 1.165) is 105 Å². The highest BCUT2D eigenvalue weighted by Gasteiger charge is 2.23. The van der Waals surface area contributed by atoms with Crippen LogP contribution in [0.5, 0.6) is 0 Å². The molecule has 0 aliphatic carbocycles. The number of hydrogen-bond donors (Lipinski definition) is 0. The van der Waals surface area contributed by atoms with E-state index in [1.165, 1.54) is 0 Å². The predicted octanol–water partition coefficient (Wildman–Crippen LogP) is 15.8. The zero-order chi connectivity index (χ0) is 45.0. The number of rotatable bonds is 8. The minimum absolute atomic E-state index is 0.546. The van der Waals surface area contributed by atoms with Crippen LogP contribution in [0.4, 0.5) is 0 Å². The first-order valence-electron chi connectivity index (χ1n) is 22.6. The molecule has 0 spiro atoms. The van der Waals surface area contributed by atoms with Crippen molar-refractivity contribution in [3.8, 4) is 90.2 Å². The molecule has 0 amide bonds. The Bertz CT molecular complexity index is 3880. The molecule has 7 nitrogen and oxygen atoms in total. The summed E-state index contributed by atoms with van der Waals surface area (Å²) in [4.78, 5) is 25.9. The number of nitrogens with zero attached hydrogens (tertiary/aromatic N) is 5. The van der Waals surface area contributed by atoms with Crippen LogP contribution in [0.25, 0.3) is 134 Å². The van der Waals surface area contributed by atoms with Gasteiger partial charge in [0.1, 0.15) is 28.0 Å². The Kier molecular flexibility index (Phi) is 9.35. The molecule has 4 heterocycles. The molecule has 0 aliphatic heterocycles. The van der Waals surface area contributed by atoms with Gasteiger partial charge in [0.05, 0.1) is 5.39 Å². The normalized spacial score (nSPS) is 11.5. The second kappa shape index (κ2) is 16.3. The maximum atomic E-state index is 6.70. The Balaban J connectivity index is 0.983. The molecule has 9 aromatic carbocycles. The molecule has 0 unspecified atom stereocenters. The van der Waals surface area contributed by atoms with Gasteiger partial charge in [-0.05, 0) is 57.6 Å². The summed E-state index contributed by atoms with van der Waals surface area (Å²) >= 11 is 0. The summed E-state index contributed by atoms with van der Waals surface area (Å²) in [6.07, 6.45) is 0. The topological polar surface area (TPSA) is 90.7 Å². The van der Waals surface area contributed by atoms with Gasteiger partial charge >= 0.3 is 0 Å². The molecule has 13 aromatic rings. The molecular weight excluding hydrogens is 835 g/mol. The summed E-state index contributed by atoms with van der Waals surface area (Å²) < 4.78 is 13.3. The highest BCUT2D eigenvalue weighted by atomic mass is 16.3. The van der Waals surface area contributed by atoms with E-state index in [1.807, 2.05) is 91.0 Å². The number of furan rings is 2. The van der Waals surface area contributed by atoms with Crippen molar-refractivity contribution in [2.75, 3.05) is 0 Å². The summed E-state index contributed by atoms with van der Waals surface area (Å²) in [7, 11) is 0. The average molecular weight is 872 g/mol. The first-order chi connectivity index (χ1) is 33.7. The summed E-state index contributed by atoms with van der Waals surface area (Å²) in [5.74, 6) is 2.33. The van der Waals surface area contributed by atoms with Gasteiger partial charge in [-0.15, -0.1) is 0 Å². The van der Waals surface area contributed by atoms with Crippen molar-refractivity contribution in [1.29, 1.82) is 0 Å². The number of fused-ring (bicyclic) bond motifs is 6. The van der Waals surface area contributed by atoms with Crippen molar-refractivity contribution in [1.82, 2.24) is 24.9 Å². The van der Waals surface area contributed by atoms with E-state index in [0.29, 0.717) is 28.9 Å². The molecule has 0 N–H and O–H groups in total. The van der Waals surface area contributed by atoms with E-state index in [4.69, 9.17) is 33.8 Å².